The number of ether oxygens (including phenoxy) is 2. The van der Waals surface area contributed by atoms with E-state index < -0.39 is 12.1 Å². The molecule has 1 aromatic carbocycles. The summed E-state index contributed by atoms with van der Waals surface area (Å²) in [6, 6.07) is 4.94. The van der Waals surface area contributed by atoms with Crippen molar-refractivity contribution in [2.75, 3.05) is 7.11 Å². The normalized spacial score (nSPS) is 11.7. The summed E-state index contributed by atoms with van der Waals surface area (Å²) in [6.45, 7) is 5.30. The summed E-state index contributed by atoms with van der Waals surface area (Å²) >= 11 is 1.97. The first kappa shape index (κ1) is 13.8. The summed E-state index contributed by atoms with van der Waals surface area (Å²) in [6.07, 6.45) is -0.516. The summed E-state index contributed by atoms with van der Waals surface area (Å²) in [5.41, 5.74) is 0.228. The summed E-state index contributed by atoms with van der Waals surface area (Å²) in [5, 5.41) is 9.51. The molecule has 0 aromatic heterocycles. The lowest BCUT2D eigenvalue weighted by molar-refractivity contribution is -0.136. The first-order valence-electron chi connectivity index (χ1n) is 4.88. The maximum atomic E-state index is 11.2. The zero-order valence-electron chi connectivity index (χ0n) is 9.57. The second-order valence-corrected chi connectivity index (χ2v) is 4.44. The maximum Gasteiger partial charge on any atom is 0.336 e. The van der Waals surface area contributed by atoms with E-state index in [1.165, 1.54) is 7.11 Å². The van der Waals surface area contributed by atoms with Crippen molar-refractivity contribution in [2.45, 2.75) is 13.0 Å². The molecular formula is C12H13IO4. The van der Waals surface area contributed by atoms with Crippen LogP contribution in [-0.4, -0.2) is 24.3 Å². The average molecular weight is 348 g/mol. The number of halogens is 1. The summed E-state index contributed by atoms with van der Waals surface area (Å²) in [5.74, 6) is 0.134. The molecule has 0 aliphatic carbocycles. The van der Waals surface area contributed by atoms with Crippen LogP contribution in [0.15, 0.2) is 30.4 Å². The van der Waals surface area contributed by atoms with Gasteiger partial charge in [0.15, 0.2) is 0 Å². The van der Waals surface area contributed by atoms with Crippen molar-refractivity contribution >= 4 is 28.6 Å². The Bertz CT molecular complexity index is 442. The second kappa shape index (κ2) is 5.90. The van der Waals surface area contributed by atoms with Gasteiger partial charge in [0, 0.05) is 0 Å². The van der Waals surface area contributed by atoms with Gasteiger partial charge in [-0.1, -0.05) is 12.6 Å². The van der Waals surface area contributed by atoms with Crippen LogP contribution in [-0.2, 0) is 9.53 Å². The molecule has 1 rings (SSSR count). The molecule has 0 spiro atoms. The molecule has 0 saturated heterocycles. The minimum absolute atomic E-state index is 0.138. The van der Waals surface area contributed by atoms with Crippen molar-refractivity contribution in [3.8, 4) is 11.5 Å². The van der Waals surface area contributed by atoms with E-state index in [-0.39, 0.29) is 11.3 Å². The number of phenols is 1. The molecule has 0 bridgehead atoms. The van der Waals surface area contributed by atoms with Crippen LogP contribution in [0.4, 0.5) is 0 Å². The molecule has 0 aliphatic heterocycles. The van der Waals surface area contributed by atoms with Gasteiger partial charge in [-0.15, -0.1) is 0 Å². The number of hydrogen-bond acceptors (Lipinski definition) is 4. The van der Waals surface area contributed by atoms with E-state index in [4.69, 9.17) is 4.74 Å². The number of rotatable bonds is 4. The standard InChI is InChI=1S/C12H13IO4/c1-7(12(15)16-3)8(2)17-10-6-4-5-9(14)11(10)13/h4-6,8,14H,1H2,2-3H3. The molecule has 0 aliphatic rings. The van der Waals surface area contributed by atoms with Crippen LogP contribution in [0.2, 0.25) is 0 Å². The van der Waals surface area contributed by atoms with Crippen molar-refractivity contribution in [1.29, 1.82) is 0 Å². The minimum Gasteiger partial charge on any atom is -0.507 e. The zero-order chi connectivity index (χ0) is 13.0. The lowest BCUT2D eigenvalue weighted by atomic mass is 10.2. The van der Waals surface area contributed by atoms with Gasteiger partial charge in [0.25, 0.3) is 0 Å². The summed E-state index contributed by atoms with van der Waals surface area (Å²) < 4.78 is 10.7. The van der Waals surface area contributed by atoms with Gasteiger partial charge >= 0.3 is 5.97 Å². The maximum absolute atomic E-state index is 11.2. The fourth-order valence-electron chi connectivity index (χ4n) is 1.15. The molecule has 5 heteroatoms. The number of carbonyl (C=O) groups is 1. The predicted octanol–water partition coefficient (Wildman–Crippen LogP) is 2.49. The fraction of sp³-hybridized carbons (Fsp3) is 0.250. The highest BCUT2D eigenvalue weighted by molar-refractivity contribution is 14.1. The summed E-state index contributed by atoms with van der Waals surface area (Å²) in [7, 11) is 1.29. The Kier molecular flexibility index (Phi) is 4.80. The van der Waals surface area contributed by atoms with Crippen LogP contribution in [0.1, 0.15) is 6.92 Å². The van der Waals surface area contributed by atoms with E-state index in [1.54, 1.807) is 25.1 Å². The van der Waals surface area contributed by atoms with Crippen LogP contribution in [0, 0.1) is 3.57 Å². The molecule has 0 amide bonds. The molecule has 0 radical (unpaired) electrons. The van der Waals surface area contributed by atoms with Gasteiger partial charge in [-0.05, 0) is 41.6 Å². The molecule has 0 heterocycles. The number of aromatic hydroxyl groups is 1. The Balaban J connectivity index is 2.81. The number of benzene rings is 1. The number of phenolic OH excluding ortho intramolecular Hbond substituents is 1. The van der Waals surface area contributed by atoms with E-state index in [1.807, 2.05) is 22.6 Å². The van der Waals surface area contributed by atoms with E-state index in [9.17, 15) is 9.90 Å². The van der Waals surface area contributed by atoms with Gasteiger partial charge in [-0.3, -0.25) is 0 Å². The lowest BCUT2D eigenvalue weighted by Crippen LogP contribution is -2.21. The van der Waals surface area contributed by atoms with Crippen molar-refractivity contribution in [3.63, 3.8) is 0 Å². The van der Waals surface area contributed by atoms with Crippen molar-refractivity contribution < 1.29 is 19.4 Å². The van der Waals surface area contributed by atoms with Crippen molar-refractivity contribution in [1.82, 2.24) is 0 Å². The summed E-state index contributed by atoms with van der Waals surface area (Å²) in [4.78, 5) is 11.2. The van der Waals surface area contributed by atoms with Gasteiger partial charge in [0.05, 0.1) is 16.3 Å². The smallest absolute Gasteiger partial charge is 0.336 e. The van der Waals surface area contributed by atoms with Gasteiger partial charge < -0.3 is 14.6 Å². The van der Waals surface area contributed by atoms with E-state index in [0.717, 1.165) is 0 Å². The van der Waals surface area contributed by atoms with Gasteiger partial charge in [0.1, 0.15) is 17.6 Å². The molecule has 92 valence electrons. The zero-order valence-corrected chi connectivity index (χ0v) is 11.7. The number of hydrogen-bond donors (Lipinski definition) is 1. The van der Waals surface area contributed by atoms with Gasteiger partial charge in [-0.2, -0.15) is 0 Å². The third-order valence-electron chi connectivity index (χ3n) is 2.18. The van der Waals surface area contributed by atoms with Gasteiger partial charge in [0.2, 0.25) is 0 Å². The van der Waals surface area contributed by atoms with E-state index in [2.05, 4.69) is 11.3 Å². The largest absolute Gasteiger partial charge is 0.507 e. The third kappa shape index (κ3) is 3.36. The van der Waals surface area contributed by atoms with Crippen LogP contribution >= 0.6 is 22.6 Å². The number of esters is 1. The molecule has 0 saturated carbocycles. The molecule has 4 nitrogen and oxygen atoms in total. The minimum atomic E-state index is -0.516. The van der Waals surface area contributed by atoms with Crippen LogP contribution in [0.3, 0.4) is 0 Å². The first-order valence-corrected chi connectivity index (χ1v) is 5.96. The van der Waals surface area contributed by atoms with Gasteiger partial charge in [-0.25, -0.2) is 4.79 Å². The van der Waals surface area contributed by atoms with Crippen molar-refractivity contribution in [2.24, 2.45) is 0 Å². The molecule has 17 heavy (non-hydrogen) atoms. The SMILES string of the molecule is C=C(C(=O)OC)C(C)Oc1cccc(O)c1I. The lowest BCUT2D eigenvalue weighted by Gasteiger charge is -2.16. The predicted molar refractivity (Wildman–Crippen MR) is 72.1 cm³/mol. The van der Waals surface area contributed by atoms with Crippen molar-refractivity contribution in [3.05, 3.63) is 33.9 Å². The van der Waals surface area contributed by atoms with Crippen LogP contribution in [0.25, 0.3) is 0 Å². The molecule has 1 atom stereocenters. The Hall–Kier alpha value is -1.24. The highest BCUT2D eigenvalue weighted by Gasteiger charge is 2.18. The quantitative estimate of drug-likeness (QED) is 0.516. The topological polar surface area (TPSA) is 55.8 Å². The van der Waals surface area contributed by atoms with E-state index in [0.29, 0.717) is 9.32 Å². The monoisotopic (exact) mass is 348 g/mol. The Morgan fingerprint density at radius 2 is 2.18 bits per heavy atom. The highest BCUT2D eigenvalue weighted by Crippen LogP contribution is 2.30. The molecule has 0 fully saturated rings. The Morgan fingerprint density at radius 3 is 2.76 bits per heavy atom. The van der Waals surface area contributed by atoms with Crippen LogP contribution < -0.4 is 4.74 Å². The van der Waals surface area contributed by atoms with E-state index >= 15 is 0 Å². The molecule has 1 aromatic rings. The fourth-order valence-corrected chi connectivity index (χ4v) is 1.64. The molecule has 1 unspecified atom stereocenters. The number of carbonyl (C=O) groups excluding carboxylic acids is 1. The molecular weight excluding hydrogens is 335 g/mol. The third-order valence-corrected chi connectivity index (χ3v) is 3.27. The first-order chi connectivity index (χ1) is 7.97. The Labute approximate surface area is 113 Å². The number of methoxy groups -OCH3 is 1. The Morgan fingerprint density at radius 1 is 1.53 bits per heavy atom. The highest BCUT2D eigenvalue weighted by atomic mass is 127. The molecule has 1 N–H and O–H groups in total. The second-order valence-electron chi connectivity index (χ2n) is 3.37. The average Bonchev–Trinajstić information content (AvgIpc) is 2.32. The van der Waals surface area contributed by atoms with Crippen LogP contribution in [0.5, 0.6) is 11.5 Å².